The third kappa shape index (κ3) is 4.39. The van der Waals surface area contributed by atoms with Gasteiger partial charge in [-0.15, -0.1) is 5.10 Å². The molecule has 7 nitrogen and oxygen atoms in total. The van der Waals surface area contributed by atoms with Crippen molar-refractivity contribution in [2.45, 2.75) is 0 Å². The van der Waals surface area contributed by atoms with Gasteiger partial charge in [0, 0.05) is 11.8 Å². The summed E-state index contributed by atoms with van der Waals surface area (Å²) in [5.74, 6) is -0.0929. The van der Waals surface area contributed by atoms with Crippen LogP contribution in [0.3, 0.4) is 0 Å². The van der Waals surface area contributed by atoms with Crippen molar-refractivity contribution in [3.63, 3.8) is 0 Å². The van der Waals surface area contributed by atoms with Crippen molar-refractivity contribution in [3.05, 3.63) is 57.8 Å². The molecule has 0 saturated heterocycles. The number of hydrogen-bond acceptors (Lipinski definition) is 5. The fourth-order valence-corrected chi connectivity index (χ4v) is 2.55. The number of benzene rings is 2. The summed E-state index contributed by atoms with van der Waals surface area (Å²) in [6.45, 7) is -0.243. The van der Waals surface area contributed by atoms with Gasteiger partial charge < -0.3 is 10.1 Å². The Morgan fingerprint density at radius 2 is 1.92 bits per heavy atom. The molecule has 0 aliphatic heterocycles. The Morgan fingerprint density at radius 3 is 2.68 bits per heavy atom. The third-order valence-corrected chi connectivity index (χ3v) is 4.09. The van der Waals surface area contributed by atoms with Gasteiger partial charge in [0.2, 0.25) is 0 Å². The molecular weight excluding hydrogens is 389 g/mol. The van der Waals surface area contributed by atoms with Crippen LogP contribution in [0.15, 0.2) is 42.7 Å². The van der Waals surface area contributed by atoms with Gasteiger partial charge in [0.05, 0.1) is 20.8 Å². The van der Waals surface area contributed by atoms with Crippen LogP contribution < -0.4 is 10.1 Å². The highest BCUT2D eigenvalue weighted by Crippen LogP contribution is 2.33. The van der Waals surface area contributed by atoms with Crippen LogP contribution in [0.5, 0.6) is 5.75 Å². The van der Waals surface area contributed by atoms with Crippen LogP contribution >= 0.6 is 34.8 Å². The van der Waals surface area contributed by atoms with E-state index in [-0.39, 0.29) is 28.3 Å². The minimum Gasteiger partial charge on any atom is -0.482 e. The lowest BCUT2D eigenvalue weighted by molar-refractivity contribution is -0.118. The molecular formula is C15H10Cl3N5O2. The van der Waals surface area contributed by atoms with Crippen molar-refractivity contribution < 1.29 is 9.53 Å². The minimum absolute atomic E-state index is 0.243. The highest BCUT2D eigenvalue weighted by Gasteiger charge is 2.10. The number of rotatable bonds is 5. The molecule has 0 fully saturated rings. The molecule has 0 atom stereocenters. The summed E-state index contributed by atoms with van der Waals surface area (Å²) in [6.07, 6.45) is 1.45. The summed E-state index contributed by atoms with van der Waals surface area (Å²) in [4.78, 5) is 12.1. The van der Waals surface area contributed by atoms with Crippen LogP contribution in [0.2, 0.25) is 15.1 Å². The van der Waals surface area contributed by atoms with Gasteiger partial charge in [-0.1, -0.05) is 40.9 Å². The van der Waals surface area contributed by atoms with Crippen molar-refractivity contribution >= 4 is 46.4 Å². The molecule has 0 radical (unpaired) electrons. The van der Waals surface area contributed by atoms with E-state index < -0.39 is 0 Å². The third-order valence-electron chi connectivity index (χ3n) is 3.08. The largest absolute Gasteiger partial charge is 0.482 e. The summed E-state index contributed by atoms with van der Waals surface area (Å²) in [7, 11) is 0. The maximum atomic E-state index is 12.1. The smallest absolute Gasteiger partial charge is 0.262 e. The quantitative estimate of drug-likeness (QED) is 0.664. The maximum Gasteiger partial charge on any atom is 0.262 e. The SMILES string of the molecule is O=C(COc1cc(Cl)c(Cl)cc1Cl)Nc1cccc(-n2cnnn2)c1. The average molecular weight is 399 g/mol. The summed E-state index contributed by atoms with van der Waals surface area (Å²) in [6, 6.07) is 9.94. The van der Waals surface area contributed by atoms with Gasteiger partial charge in [0.1, 0.15) is 12.1 Å². The van der Waals surface area contributed by atoms with Gasteiger partial charge in [0.25, 0.3) is 5.91 Å². The molecule has 3 rings (SSSR count). The molecule has 0 unspecified atom stereocenters. The minimum atomic E-state index is -0.365. The first-order chi connectivity index (χ1) is 12.0. The van der Waals surface area contributed by atoms with Gasteiger partial charge in [-0.25, -0.2) is 4.68 Å². The average Bonchev–Trinajstić information content (AvgIpc) is 3.12. The number of anilines is 1. The Balaban J connectivity index is 1.63. The molecule has 3 aromatic rings. The Labute approximate surface area is 157 Å². The highest BCUT2D eigenvalue weighted by molar-refractivity contribution is 6.43. The zero-order valence-corrected chi connectivity index (χ0v) is 14.8. The molecule has 0 bridgehead atoms. The van der Waals surface area contributed by atoms with E-state index >= 15 is 0 Å². The Bertz CT molecular complexity index is 902. The van der Waals surface area contributed by atoms with Crippen molar-refractivity contribution in [2.75, 3.05) is 11.9 Å². The summed E-state index contributed by atoms with van der Waals surface area (Å²) in [5.41, 5.74) is 1.28. The molecule has 0 aliphatic rings. The van der Waals surface area contributed by atoms with Gasteiger partial charge in [-0.2, -0.15) is 0 Å². The summed E-state index contributed by atoms with van der Waals surface area (Å²) < 4.78 is 6.86. The Kier molecular flexibility index (Phi) is 5.37. The van der Waals surface area contributed by atoms with E-state index in [9.17, 15) is 4.79 Å². The van der Waals surface area contributed by atoms with E-state index in [2.05, 4.69) is 20.8 Å². The number of carbonyl (C=O) groups is 1. The fourth-order valence-electron chi connectivity index (χ4n) is 1.96. The first-order valence-corrected chi connectivity index (χ1v) is 8.07. The molecule has 10 heteroatoms. The molecule has 1 heterocycles. The van der Waals surface area contributed by atoms with Crippen molar-refractivity contribution in [1.82, 2.24) is 20.2 Å². The fraction of sp³-hybridized carbons (Fsp3) is 0.0667. The number of nitrogens with one attached hydrogen (secondary N) is 1. The molecule has 0 saturated carbocycles. The molecule has 25 heavy (non-hydrogen) atoms. The Hall–Kier alpha value is -2.35. The number of halogens is 3. The van der Waals surface area contributed by atoms with Crippen LogP contribution in [0.4, 0.5) is 5.69 Å². The second-order valence-electron chi connectivity index (χ2n) is 4.84. The second kappa shape index (κ2) is 7.69. The van der Waals surface area contributed by atoms with Gasteiger partial charge in [0.15, 0.2) is 6.61 Å². The van der Waals surface area contributed by atoms with E-state index in [1.165, 1.54) is 23.1 Å². The number of tetrazole rings is 1. The first-order valence-electron chi connectivity index (χ1n) is 6.93. The topological polar surface area (TPSA) is 81.9 Å². The van der Waals surface area contributed by atoms with Crippen molar-refractivity contribution in [1.29, 1.82) is 0 Å². The van der Waals surface area contributed by atoms with Crippen LogP contribution in [0.25, 0.3) is 5.69 Å². The predicted molar refractivity (Wildman–Crippen MR) is 94.8 cm³/mol. The summed E-state index contributed by atoms with van der Waals surface area (Å²) >= 11 is 17.8. The van der Waals surface area contributed by atoms with E-state index in [0.717, 1.165) is 0 Å². The molecule has 1 amide bonds. The Morgan fingerprint density at radius 1 is 1.12 bits per heavy atom. The number of aromatic nitrogens is 4. The molecule has 1 aromatic heterocycles. The number of ether oxygens (including phenoxy) is 1. The van der Waals surface area contributed by atoms with Crippen molar-refractivity contribution in [3.8, 4) is 11.4 Å². The van der Waals surface area contributed by atoms with E-state index in [1.54, 1.807) is 24.3 Å². The van der Waals surface area contributed by atoms with E-state index in [0.29, 0.717) is 16.4 Å². The maximum absolute atomic E-state index is 12.1. The highest BCUT2D eigenvalue weighted by atomic mass is 35.5. The monoisotopic (exact) mass is 397 g/mol. The standard InChI is InChI=1S/C15H10Cl3N5O2/c16-11-5-13(18)14(6-12(11)17)25-7-15(24)20-9-2-1-3-10(4-9)23-8-19-21-22-23/h1-6,8H,7H2,(H,20,24). The van der Waals surface area contributed by atoms with E-state index in [1.807, 2.05) is 0 Å². The van der Waals surface area contributed by atoms with Gasteiger partial charge in [-0.3, -0.25) is 4.79 Å². The lowest BCUT2D eigenvalue weighted by Crippen LogP contribution is -2.20. The van der Waals surface area contributed by atoms with Crippen LogP contribution in [-0.2, 0) is 4.79 Å². The molecule has 1 N–H and O–H groups in total. The van der Waals surface area contributed by atoms with Gasteiger partial charge in [-0.05, 0) is 34.7 Å². The molecule has 0 aliphatic carbocycles. The van der Waals surface area contributed by atoms with Crippen molar-refractivity contribution in [2.24, 2.45) is 0 Å². The van der Waals surface area contributed by atoms with Crippen LogP contribution in [0, 0.1) is 0 Å². The number of hydrogen-bond donors (Lipinski definition) is 1. The first kappa shape index (κ1) is 17.5. The lowest BCUT2D eigenvalue weighted by atomic mass is 10.3. The summed E-state index contributed by atoms with van der Waals surface area (Å²) in [5, 5.41) is 14.5. The van der Waals surface area contributed by atoms with E-state index in [4.69, 9.17) is 39.5 Å². The number of carbonyl (C=O) groups excluding carboxylic acids is 1. The molecule has 128 valence electrons. The normalized spacial score (nSPS) is 10.5. The van der Waals surface area contributed by atoms with Crippen LogP contribution in [-0.4, -0.2) is 32.7 Å². The number of nitrogens with zero attached hydrogens (tertiary/aromatic N) is 4. The zero-order valence-electron chi connectivity index (χ0n) is 12.5. The van der Waals surface area contributed by atoms with Gasteiger partial charge >= 0.3 is 0 Å². The zero-order chi connectivity index (χ0) is 17.8. The lowest BCUT2D eigenvalue weighted by Gasteiger charge is -2.10. The predicted octanol–water partition coefficient (Wildman–Crippen LogP) is 3.64. The molecule has 2 aromatic carbocycles. The second-order valence-corrected chi connectivity index (χ2v) is 6.06. The number of amides is 1. The van der Waals surface area contributed by atoms with Crippen LogP contribution in [0.1, 0.15) is 0 Å². The molecule has 0 spiro atoms.